The number of nitrogens with zero attached hydrogens (tertiary/aromatic N) is 1. The summed E-state index contributed by atoms with van der Waals surface area (Å²) >= 11 is 1.64. The molecule has 0 aromatic carbocycles. The summed E-state index contributed by atoms with van der Waals surface area (Å²) in [5.74, 6) is 0.0565. The summed E-state index contributed by atoms with van der Waals surface area (Å²) in [6, 6.07) is 0. The average molecular weight is 241 g/mol. The Bertz CT molecular complexity index is 360. The van der Waals surface area contributed by atoms with Crippen LogP contribution in [0.15, 0.2) is 5.51 Å². The third kappa shape index (κ3) is 3.28. The Balaban J connectivity index is 2.41. The second-order valence-corrected chi connectivity index (χ2v) is 5.37. The number of hydrogen-bond donors (Lipinski definition) is 2. The number of aromatic nitrogens is 1. The van der Waals surface area contributed by atoms with E-state index >= 15 is 0 Å². The molecular weight excluding hydrogens is 222 g/mol. The van der Waals surface area contributed by atoms with Crippen molar-refractivity contribution in [2.24, 2.45) is 5.41 Å². The third-order valence-corrected chi connectivity index (χ3v) is 3.47. The molecule has 0 bridgehead atoms. The van der Waals surface area contributed by atoms with Gasteiger partial charge in [0.25, 0.3) is 0 Å². The lowest BCUT2D eigenvalue weighted by Crippen LogP contribution is -2.41. The standard InChI is InChI=1S/C11H19N3OS/c1-8-9(16-7-14-8)5-13-6-11(2,3)10(15)12-4/h7,13H,5-6H2,1-4H3,(H,12,15). The first kappa shape index (κ1) is 13.1. The van der Waals surface area contributed by atoms with Crippen molar-refractivity contribution in [1.29, 1.82) is 0 Å². The molecule has 0 fully saturated rings. The first-order valence-electron chi connectivity index (χ1n) is 5.29. The topological polar surface area (TPSA) is 54.0 Å². The van der Waals surface area contributed by atoms with Crippen LogP contribution in [0.25, 0.3) is 0 Å². The van der Waals surface area contributed by atoms with E-state index in [4.69, 9.17) is 0 Å². The predicted octanol–water partition coefficient (Wildman–Crippen LogP) is 1.31. The number of rotatable bonds is 5. The number of aryl methyl sites for hydroxylation is 1. The molecule has 0 aliphatic carbocycles. The summed E-state index contributed by atoms with van der Waals surface area (Å²) < 4.78 is 0. The Morgan fingerprint density at radius 2 is 2.25 bits per heavy atom. The van der Waals surface area contributed by atoms with E-state index in [-0.39, 0.29) is 11.3 Å². The molecule has 0 saturated carbocycles. The van der Waals surface area contributed by atoms with E-state index in [0.29, 0.717) is 6.54 Å². The van der Waals surface area contributed by atoms with E-state index < -0.39 is 0 Å². The van der Waals surface area contributed by atoms with Crippen molar-refractivity contribution < 1.29 is 4.79 Å². The van der Waals surface area contributed by atoms with Crippen LogP contribution in [0.1, 0.15) is 24.4 Å². The van der Waals surface area contributed by atoms with Gasteiger partial charge in [-0.2, -0.15) is 0 Å². The quantitative estimate of drug-likeness (QED) is 0.817. The molecule has 0 aliphatic heterocycles. The number of thiazole rings is 1. The molecule has 5 heteroatoms. The summed E-state index contributed by atoms with van der Waals surface area (Å²) in [5.41, 5.74) is 2.53. The smallest absolute Gasteiger partial charge is 0.226 e. The van der Waals surface area contributed by atoms with Crippen molar-refractivity contribution in [2.75, 3.05) is 13.6 Å². The van der Waals surface area contributed by atoms with Crippen molar-refractivity contribution in [3.63, 3.8) is 0 Å². The highest BCUT2D eigenvalue weighted by molar-refractivity contribution is 7.09. The third-order valence-electron chi connectivity index (χ3n) is 2.54. The molecule has 0 aliphatic rings. The molecule has 16 heavy (non-hydrogen) atoms. The summed E-state index contributed by atoms with van der Waals surface area (Å²) in [5, 5.41) is 5.97. The Hall–Kier alpha value is -0.940. The molecule has 1 rings (SSSR count). The van der Waals surface area contributed by atoms with Gasteiger partial charge in [0, 0.05) is 25.0 Å². The lowest BCUT2D eigenvalue weighted by molar-refractivity contribution is -0.128. The minimum Gasteiger partial charge on any atom is -0.359 e. The summed E-state index contributed by atoms with van der Waals surface area (Å²) in [6.45, 7) is 7.29. The maximum Gasteiger partial charge on any atom is 0.226 e. The van der Waals surface area contributed by atoms with E-state index in [1.54, 1.807) is 18.4 Å². The molecule has 1 aromatic rings. The van der Waals surface area contributed by atoms with Crippen LogP contribution in [0.2, 0.25) is 0 Å². The van der Waals surface area contributed by atoms with Gasteiger partial charge in [-0.05, 0) is 20.8 Å². The number of carbonyl (C=O) groups is 1. The fraction of sp³-hybridized carbons (Fsp3) is 0.636. The van der Waals surface area contributed by atoms with Crippen LogP contribution in [0, 0.1) is 12.3 Å². The van der Waals surface area contributed by atoms with Gasteiger partial charge >= 0.3 is 0 Å². The molecule has 90 valence electrons. The number of hydrogen-bond acceptors (Lipinski definition) is 4. The second kappa shape index (κ2) is 5.41. The van der Waals surface area contributed by atoms with Crippen LogP contribution < -0.4 is 10.6 Å². The van der Waals surface area contributed by atoms with Gasteiger partial charge in [-0.25, -0.2) is 4.98 Å². The molecular formula is C11H19N3OS. The van der Waals surface area contributed by atoms with Gasteiger partial charge in [0.1, 0.15) is 0 Å². The zero-order valence-electron chi connectivity index (χ0n) is 10.3. The van der Waals surface area contributed by atoms with E-state index in [1.807, 2.05) is 26.3 Å². The van der Waals surface area contributed by atoms with Gasteiger partial charge in [-0.3, -0.25) is 4.79 Å². The van der Waals surface area contributed by atoms with Gasteiger partial charge in [0.05, 0.1) is 16.6 Å². The van der Waals surface area contributed by atoms with E-state index in [2.05, 4.69) is 15.6 Å². The summed E-state index contributed by atoms with van der Waals surface area (Å²) in [6.07, 6.45) is 0. The summed E-state index contributed by atoms with van der Waals surface area (Å²) in [7, 11) is 1.66. The zero-order chi connectivity index (χ0) is 12.2. The van der Waals surface area contributed by atoms with Gasteiger partial charge in [0.15, 0.2) is 0 Å². The highest BCUT2D eigenvalue weighted by atomic mass is 32.1. The van der Waals surface area contributed by atoms with Crippen LogP contribution in [-0.4, -0.2) is 24.5 Å². The van der Waals surface area contributed by atoms with Gasteiger partial charge < -0.3 is 10.6 Å². The zero-order valence-corrected chi connectivity index (χ0v) is 11.1. The number of carbonyl (C=O) groups excluding carboxylic acids is 1. The van der Waals surface area contributed by atoms with Crippen LogP contribution >= 0.6 is 11.3 Å². The highest BCUT2D eigenvalue weighted by Gasteiger charge is 2.25. The fourth-order valence-corrected chi connectivity index (χ4v) is 2.15. The molecule has 1 aromatic heterocycles. The maximum atomic E-state index is 11.5. The summed E-state index contributed by atoms with van der Waals surface area (Å²) in [4.78, 5) is 16.9. The molecule has 1 heterocycles. The van der Waals surface area contributed by atoms with Gasteiger partial charge in [-0.15, -0.1) is 11.3 Å². The Morgan fingerprint density at radius 1 is 1.56 bits per heavy atom. The van der Waals surface area contributed by atoms with Crippen LogP contribution in [-0.2, 0) is 11.3 Å². The molecule has 4 nitrogen and oxygen atoms in total. The van der Waals surface area contributed by atoms with Crippen molar-refractivity contribution in [3.05, 3.63) is 16.1 Å². The van der Waals surface area contributed by atoms with E-state index in [1.165, 1.54) is 4.88 Å². The first-order chi connectivity index (χ1) is 7.47. The largest absolute Gasteiger partial charge is 0.359 e. The molecule has 0 atom stereocenters. The molecule has 0 unspecified atom stereocenters. The van der Waals surface area contributed by atoms with Crippen LogP contribution in [0.3, 0.4) is 0 Å². The first-order valence-corrected chi connectivity index (χ1v) is 6.17. The monoisotopic (exact) mass is 241 g/mol. The molecule has 2 N–H and O–H groups in total. The minimum absolute atomic E-state index is 0.0565. The predicted molar refractivity (Wildman–Crippen MR) is 66.4 cm³/mol. The highest BCUT2D eigenvalue weighted by Crippen LogP contribution is 2.15. The molecule has 0 saturated heterocycles. The van der Waals surface area contributed by atoms with Crippen LogP contribution in [0.5, 0.6) is 0 Å². The number of amides is 1. The Labute approximate surface area is 100 Å². The Morgan fingerprint density at radius 3 is 2.75 bits per heavy atom. The molecule has 0 radical (unpaired) electrons. The minimum atomic E-state index is -0.382. The lowest BCUT2D eigenvalue weighted by atomic mass is 9.92. The van der Waals surface area contributed by atoms with Gasteiger partial charge in [0.2, 0.25) is 5.91 Å². The van der Waals surface area contributed by atoms with Crippen LogP contribution in [0.4, 0.5) is 0 Å². The van der Waals surface area contributed by atoms with Gasteiger partial charge in [-0.1, -0.05) is 0 Å². The second-order valence-electron chi connectivity index (χ2n) is 4.43. The Kier molecular flexibility index (Phi) is 4.44. The van der Waals surface area contributed by atoms with E-state index in [9.17, 15) is 4.79 Å². The average Bonchev–Trinajstić information content (AvgIpc) is 2.63. The maximum absolute atomic E-state index is 11.5. The van der Waals surface area contributed by atoms with Crippen molar-refractivity contribution in [3.8, 4) is 0 Å². The van der Waals surface area contributed by atoms with Crippen molar-refractivity contribution in [1.82, 2.24) is 15.6 Å². The fourth-order valence-electron chi connectivity index (χ4n) is 1.40. The molecule has 1 amide bonds. The number of nitrogens with one attached hydrogen (secondary N) is 2. The normalized spacial score (nSPS) is 11.5. The van der Waals surface area contributed by atoms with Crippen molar-refractivity contribution >= 4 is 17.2 Å². The SMILES string of the molecule is CNC(=O)C(C)(C)CNCc1scnc1C. The van der Waals surface area contributed by atoms with Crippen molar-refractivity contribution in [2.45, 2.75) is 27.3 Å². The molecule has 0 spiro atoms. The van der Waals surface area contributed by atoms with E-state index in [0.717, 1.165) is 12.2 Å². The lowest BCUT2D eigenvalue weighted by Gasteiger charge is -2.22.